The van der Waals surface area contributed by atoms with Gasteiger partial charge in [-0.2, -0.15) is 5.10 Å². The first kappa shape index (κ1) is 43.9. The van der Waals surface area contributed by atoms with Crippen molar-refractivity contribution in [3.05, 3.63) is 320 Å². The molecule has 1 aliphatic rings. The van der Waals surface area contributed by atoms with Gasteiger partial charge in [0.25, 0.3) is 0 Å². The highest BCUT2D eigenvalue weighted by atomic mass is 15.2. The lowest BCUT2D eigenvalue weighted by Gasteiger charge is -2.34. The molecule has 0 saturated carbocycles. The molecular weight excluding hydrogens is 907 g/mol. The fourth-order valence-electron chi connectivity index (χ4n) is 12.1. The van der Waals surface area contributed by atoms with E-state index in [4.69, 9.17) is 5.10 Å². The summed E-state index contributed by atoms with van der Waals surface area (Å²) < 4.78 is 2.18. The van der Waals surface area contributed by atoms with Gasteiger partial charge >= 0.3 is 0 Å². The van der Waals surface area contributed by atoms with Crippen molar-refractivity contribution in [2.75, 3.05) is 4.90 Å². The van der Waals surface area contributed by atoms with Crippen LogP contribution in [0.3, 0.4) is 0 Å². The molecule has 0 spiro atoms. The molecule has 1 aliphatic carbocycles. The molecule has 0 aliphatic heterocycles. The number of nitrogens with zero attached hydrogens (tertiary/aromatic N) is 3. The van der Waals surface area contributed by atoms with Crippen LogP contribution in [0, 0.1) is 0 Å². The number of fused-ring (bicyclic) bond motifs is 6. The Labute approximate surface area is 437 Å². The first-order valence-electron chi connectivity index (χ1n) is 25.8. The minimum Gasteiger partial charge on any atom is -0.309 e. The zero-order valence-corrected chi connectivity index (χ0v) is 41.1. The van der Waals surface area contributed by atoms with Crippen molar-refractivity contribution in [1.82, 2.24) is 9.61 Å². The maximum Gasteiger partial charge on any atom is 0.101 e. The molecule has 0 amide bonds. The first-order chi connectivity index (χ1) is 37.3. The van der Waals surface area contributed by atoms with Crippen LogP contribution < -0.4 is 4.90 Å². The number of hydrogen-bond acceptors (Lipinski definition) is 2. The first-order valence-corrected chi connectivity index (χ1v) is 25.8. The SMILES string of the molecule is c1ccc(-c2ccccc2-c2ccccc2N(c2ccc3c(c2)cc(-c2ccccc2)n2nc(-c4ccccc4)c(-c4ccccc4)c32)c2cccc3c2-c2ccccc2C3(c2ccccc2)c2ccccc2)cc1. The number of aromatic nitrogens is 2. The molecule has 0 unspecified atom stereocenters. The lowest BCUT2D eigenvalue weighted by atomic mass is 9.68. The van der Waals surface area contributed by atoms with Crippen molar-refractivity contribution >= 4 is 33.4 Å². The summed E-state index contributed by atoms with van der Waals surface area (Å²) in [6, 6.07) is 108. The molecule has 13 aromatic rings. The lowest BCUT2D eigenvalue weighted by Crippen LogP contribution is -2.28. The smallest absolute Gasteiger partial charge is 0.101 e. The Bertz CT molecular complexity index is 4170. The fraction of sp³-hybridized carbons (Fsp3) is 0.0139. The van der Waals surface area contributed by atoms with Crippen LogP contribution in [0.25, 0.3) is 83.3 Å². The quantitative estimate of drug-likeness (QED) is 0.136. The molecule has 14 rings (SSSR count). The van der Waals surface area contributed by atoms with Gasteiger partial charge in [-0.05, 0) is 85.8 Å². The van der Waals surface area contributed by atoms with E-state index in [0.717, 1.165) is 78.1 Å². The third kappa shape index (κ3) is 7.16. The summed E-state index contributed by atoms with van der Waals surface area (Å²) in [6.45, 7) is 0. The number of rotatable bonds is 10. The van der Waals surface area contributed by atoms with E-state index >= 15 is 0 Å². The summed E-state index contributed by atoms with van der Waals surface area (Å²) in [6.07, 6.45) is 0. The second-order valence-electron chi connectivity index (χ2n) is 19.4. The van der Waals surface area contributed by atoms with E-state index < -0.39 is 5.41 Å². The van der Waals surface area contributed by atoms with Gasteiger partial charge in [-0.15, -0.1) is 0 Å². The van der Waals surface area contributed by atoms with Crippen molar-refractivity contribution in [3.8, 4) is 67.0 Å². The molecule has 0 bridgehead atoms. The molecule has 11 aromatic carbocycles. The van der Waals surface area contributed by atoms with Crippen LogP contribution >= 0.6 is 0 Å². The Morgan fingerprint density at radius 2 is 0.827 bits per heavy atom. The fourth-order valence-corrected chi connectivity index (χ4v) is 12.1. The van der Waals surface area contributed by atoms with Crippen LogP contribution in [0.2, 0.25) is 0 Å². The average Bonchev–Trinajstić information content (AvgIpc) is 4.10. The summed E-state index contributed by atoms with van der Waals surface area (Å²) in [7, 11) is 0. The van der Waals surface area contributed by atoms with Crippen molar-refractivity contribution in [3.63, 3.8) is 0 Å². The maximum absolute atomic E-state index is 5.55. The molecule has 0 fully saturated rings. The van der Waals surface area contributed by atoms with E-state index in [0.29, 0.717) is 0 Å². The Balaban J connectivity index is 1.09. The van der Waals surface area contributed by atoms with Crippen LogP contribution in [-0.4, -0.2) is 9.61 Å². The Kier molecular flexibility index (Phi) is 10.7. The van der Waals surface area contributed by atoms with Gasteiger partial charge in [-0.3, -0.25) is 0 Å². The van der Waals surface area contributed by atoms with Gasteiger partial charge in [0, 0.05) is 38.9 Å². The zero-order chi connectivity index (χ0) is 49.7. The summed E-state index contributed by atoms with van der Waals surface area (Å²) in [5, 5.41) is 7.77. The van der Waals surface area contributed by atoms with E-state index in [1.807, 2.05) is 0 Å². The van der Waals surface area contributed by atoms with Crippen LogP contribution in [0.1, 0.15) is 22.3 Å². The van der Waals surface area contributed by atoms with E-state index in [1.165, 1.54) is 44.5 Å². The number of hydrogen-bond donors (Lipinski definition) is 0. The Morgan fingerprint density at radius 1 is 0.333 bits per heavy atom. The number of anilines is 3. The molecule has 2 heterocycles. The highest BCUT2D eigenvalue weighted by Crippen LogP contribution is 2.60. The molecule has 0 saturated heterocycles. The Hall–Kier alpha value is -9.83. The van der Waals surface area contributed by atoms with Crippen molar-refractivity contribution in [2.45, 2.75) is 5.41 Å². The van der Waals surface area contributed by atoms with Gasteiger partial charge in [-0.25, -0.2) is 4.52 Å². The lowest BCUT2D eigenvalue weighted by molar-refractivity contribution is 0.768. The van der Waals surface area contributed by atoms with Gasteiger partial charge in [-0.1, -0.05) is 267 Å². The summed E-state index contributed by atoms with van der Waals surface area (Å²) in [4.78, 5) is 2.54. The van der Waals surface area contributed by atoms with Crippen LogP contribution in [0.4, 0.5) is 17.1 Å². The largest absolute Gasteiger partial charge is 0.309 e. The zero-order valence-electron chi connectivity index (χ0n) is 41.1. The van der Waals surface area contributed by atoms with Gasteiger partial charge in [0.1, 0.15) is 5.69 Å². The number of pyridine rings is 1. The molecule has 2 aromatic heterocycles. The number of benzene rings is 11. The standard InChI is InChI=1S/C72H49N3/c1-7-26-50(27-8-1)58-38-19-20-39-60(58)61-40-22-24-44-65(61)74(66-45-25-43-64-69(66)62-41-21-23-42-63(62)72(64,55-34-15-5-16-35-55)56-36-17-6-18-37-56)57-46-47-59-54(48-57)49-67(51-28-9-2-10-29-51)75-71(59)68(52-30-11-3-12-31-52)70(73-75)53-32-13-4-14-33-53/h1-49H. The van der Waals surface area contributed by atoms with Gasteiger partial charge in [0.15, 0.2) is 0 Å². The summed E-state index contributed by atoms with van der Waals surface area (Å²) >= 11 is 0. The topological polar surface area (TPSA) is 20.5 Å². The van der Waals surface area contributed by atoms with Gasteiger partial charge in [0.05, 0.1) is 28.0 Å². The predicted octanol–water partition coefficient (Wildman–Crippen LogP) is 18.7. The van der Waals surface area contributed by atoms with Crippen molar-refractivity contribution in [1.29, 1.82) is 0 Å². The van der Waals surface area contributed by atoms with Gasteiger partial charge in [0.2, 0.25) is 0 Å². The predicted molar refractivity (Wildman–Crippen MR) is 312 cm³/mol. The molecule has 3 heteroatoms. The molecule has 75 heavy (non-hydrogen) atoms. The van der Waals surface area contributed by atoms with Gasteiger partial charge < -0.3 is 4.90 Å². The third-order valence-electron chi connectivity index (χ3n) is 15.3. The minimum atomic E-state index is -0.582. The summed E-state index contributed by atoms with van der Waals surface area (Å²) in [5.74, 6) is 0. The normalized spacial score (nSPS) is 12.4. The monoisotopic (exact) mass is 955 g/mol. The second-order valence-corrected chi connectivity index (χ2v) is 19.4. The van der Waals surface area contributed by atoms with Crippen LogP contribution in [0.5, 0.6) is 0 Å². The van der Waals surface area contributed by atoms with Crippen molar-refractivity contribution in [2.24, 2.45) is 0 Å². The average molecular weight is 956 g/mol. The number of para-hydroxylation sites is 1. The van der Waals surface area contributed by atoms with Crippen molar-refractivity contribution < 1.29 is 0 Å². The highest BCUT2D eigenvalue weighted by Gasteiger charge is 2.47. The second kappa shape index (κ2) is 18.3. The van der Waals surface area contributed by atoms with Crippen LogP contribution in [-0.2, 0) is 5.41 Å². The highest BCUT2D eigenvalue weighted by molar-refractivity contribution is 6.10. The van der Waals surface area contributed by atoms with E-state index in [-0.39, 0.29) is 0 Å². The van der Waals surface area contributed by atoms with E-state index in [1.54, 1.807) is 0 Å². The minimum absolute atomic E-state index is 0.582. The third-order valence-corrected chi connectivity index (χ3v) is 15.3. The van der Waals surface area contributed by atoms with E-state index in [2.05, 4.69) is 307 Å². The van der Waals surface area contributed by atoms with E-state index in [9.17, 15) is 0 Å². The Morgan fingerprint density at radius 3 is 1.48 bits per heavy atom. The molecule has 0 N–H and O–H groups in total. The molecule has 0 radical (unpaired) electrons. The molecule has 352 valence electrons. The maximum atomic E-state index is 5.55. The molecular formula is C72H49N3. The summed E-state index contributed by atoms with van der Waals surface area (Å²) in [5.41, 5.74) is 22.1. The van der Waals surface area contributed by atoms with Crippen LogP contribution in [0.15, 0.2) is 297 Å². The molecule has 3 nitrogen and oxygen atoms in total. The molecule has 0 atom stereocenters.